The van der Waals surface area contributed by atoms with Crippen molar-refractivity contribution in [1.82, 2.24) is 0 Å². The molecule has 1 aliphatic rings. The molecule has 0 spiro atoms. The maximum absolute atomic E-state index is 12.4. The zero-order valence-electron chi connectivity index (χ0n) is 18.6. The number of ether oxygens (including phenoxy) is 1. The molecule has 0 radical (unpaired) electrons. The van der Waals surface area contributed by atoms with Crippen LogP contribution in [0.15, 0.2) is 93.5 Å². The van der Waals surface area contributed by atoms with E-state index in [2.05, 4.69) is 112 Å². The van der Waals surface area contributed by atoms with Gasteiger partial charge in [-0.2, -0.15) is 0 Å². The van der Waals surface area contributed by atoms with Gasteiger partial charge in [-0.05, 0) is 72.9 Å². The summed E-state index contributed by atoms with van der Waals surface area (Å²) in [6.45, 7) is 0. The lowest BCUT2D eigenvalue weighted by molar-refractivity contribution is -0.137. The average molecular weight is 683 g/mol. The van der Waals surface area contributed by atoms with Gasteiger partial charge in [-0.3, -0.25) is 4.79 Å². The fourth-order valence-corrected chi connectivity index (χ4v) is 8.88. The van der Waals surface area contributed by atoms with Gasteiger partial charge in [0, 0.05) is 8.86 Å². The summed E-state index contributed by atoms with van der Waals surface area (Å²) in [6.07, 6.45) is 6.73. The van der Waals surface area contributed by atoms with Crippen molar-refractivity contribution in [2.45, 2.75) is 52.7 Å². The minimum atomic E-state index is -0.204. The molecule has 0 aliphatic heterocycles. The zero-order chi connectivity index (χ0) is 23.0. The Morgan fingerprint density at radius 2 is 1.33 bits per heavy atom. The van der Waals surface area contributed by atoms with E-state index in [0.29, 0.717) is 11.7 Å². The largest absolute Gasteiger partial charge is 0.426 e. The van der Waals surface area contributed by atoms with Crippen molar-refractivity contribution >= 4 is 62.0 Å². The molecule has 4 rings (SSSR count). The van der Waals surface area contributed by atoms with E-state index >= 15 is 0 Å². The minimum Gasteiger partial charge on any atom is -0.426 e. The number of alkyl halides is 2. The third-order valence-electron chi connectivity index (χ3n) is 6.16. The summed E-state index contributed by atoms with van der Waals surface area (Å²) in [6, 6.07) is 28.1. The molecule has 3 aromatic carbocycles. The molecule has 0 saturated heterocycles. The van der Waals surface area contributed by atoms with Crippen LogP contribution in [0.3, 0.4) is 0 Å². The SMILES string of the molecule is O=C(Oc1ccc([S+](c2ccccc2)c2ccc(C3CCCCC3)cc2)cc1)C(CI)CI. The lowest BCUT2D eigenvalue weighted by Crippen LogP contribution is -2.22. The fourth-order valence-electron chi connectivity index (χ4n) is 4.29. The highest BCUT2D eigenvalue weighted by Gasteiger charge is 2.29. The van der Waals surface area contributed by atoms with Gasteiger partial charge in [0.25, 0.3) is 0 Å². The smallest absolute Gasteiger partial charge is 0.315 e. The third-order valence-corrected chi connectivity index (χ3v) is 10.5. The fraction of sp³-hybridized carbons (Fsp3) is 0.321. The van der Waals surface area contributed by atoms with E-state index in [-0.39, 0.29) is 22.8 Å². The highest BCUT2D eigenvalue weighted by atomic mass is 127. The van der Waals surface area contributed by atoms with Crippen molar-refractivity contribution < 1.29 is 9.53 Å². The van der Waals surface area contributed by atoms with Gasteiger partial charge in [-0.1, -0.05) is 94.8 Å². The van der Waals surface area contributed by atoms with Crippen LogP contribution >= 0.6 is 45.2 Å². The predicted molar refractivity (Wildman–Crippen MR) is 154 cm³/mol. The number of benzene rings is 3. The quantitative estimate of drug-likeness (QED) is 0.0787. The number of hydrogen-bond acceptors (Lipinski definition) is 2. The van der Waals surface area contributed by atoms with Gasteiger partial charge >= 0.3 is 5.97 Å². The Bertz CT molecular complexity index is 1010. The molecule has 172 valence electrons. The molecule has 0 heterocycles. The molecule has 1 unspecified atom stereocenters. The van der Waals surface area contributed by atoms with E-state index < -0.39 is 0 Å². The molecule has 1 atom stereocenters. The van der Waals surface area contributed by atoms with E-state index in [0.717, 1.165) is 8.86 Å². The van der Waals surface area contributed by atoms with Crippen LogP contribution in [0.4, 0.5) is 0 Å². The molecule has 5 heteroatoms. The van der Waals surface area contributed by atoms with Crippen LogP contribution in [0, 0.1) is 5.92 Å². The molecule has 3 aromatic rings. The maximum Gasteiger partial charge on any atom is 0.315 e. The predicted octanol–water partition coefficient (Wildman–Crippen LogP) is 8.22. The van der Waals surface area contributed by atoms with E-state index in [1.165, 1.54) is 52.4 Å². The average Bonchev–Trinajstić information content (AvgIpc) is 2.88. The monoisotopic (exact) mass is 683 g/mol. The van der Waals surface area contributed by atoms with E-state index in [4.69, 9.17) is 4.74 Å². The standard InChI is InChI=1S/C28H29I2O2S/c29-19-23(20-30)28(31)32-24-13-17-27(18-14-24)33(25-9-5-2-6-10-25)26-15-11-22(12-16-26)21-7-3-1-4-8-21/h2,5-6,9-18,21,23H,1,3-4,7-8,19-20H2/q+1. The summed E-state index contributed by atoms with van der Waals surface area (Å²) >= 11 is 4.49. The zero-order valence-corrected chi connectivity index (χ0v) is 23.7. The Labute approximate surface area is 227 Å². The van der Waals surface area contributed by atoms with Crippen LogP contribution in [-0.2, 0) is 15.7 Å². The van der Waals surface area contributed by atoms with Gasteiger partial charge in [-0.15, -0.1) is 0 Å². The Morgan fingerprint density at radius 1 is 0.788 bits per heavy atom. The van der Waals surface area contributed by atoms with E-state index in [1.54, 1.807) is 0 Å². The van der Waals surface area contributed by atoms with Gasteiger partial charge in [-0.25, -0.2) is 0 Å². The first-order valence-electron chi connectivity index (χ1n) is 11.5. The van der Waals surface area contributed by atoms with Gasteiger partial charge < -0.3 is 4.74 Å². The lowest BCUT2D eigenvalue weighted by Gasteiger charge is -2.22. The van der Waals surface area contributed by atoms with Crippen LogP contribution in [0.2, 0.25) is 0 Å². The number of carbonyl (C=O) groups excluding carboxylic acids is 1. The van der Waals surface area contributed by atoms with Crippen LogP contribution < -0.4 is 4.74 Å². The minimum absolute atomic E-state index is 0.0625. The Balaban J connectivity index is 1.58. The summed E-state index contributed by atoms with van der Waals surface area (Å²) < 4.78 is 7.18. The van der Waals surface area contributed by atoms with Crippen molar-refractivity contribution in [3.8, 4) is 5.75 Å². The molecule has 0 bridgehead atoms. The van der Waals surface area contributed by atoms with Gasteiger partial charge in [0.1, 0.15) is 5.75 Å². The van der Waals surface area contributed by atoms with Crippen LogP contribution in [-0.4, -0.2) is 14.8 Å². The second-order valence-electron chi connectivity index (χ2n) is 8.42. The molecule has 0 N–H and O–H groups in total. The third kappa shape index (κ3) is 6.54. The van der Waals surface area contributed by atoms with Crippen LogP contribution in [0.1, 0.15) is 43.6 Å². The van der Waals surface area contributed by atoms with Gasteiger partial charge in [0.05, 0.1) is 16.8 Å². The second kappa shape index (κ2) is 12.6. The van der Waals surface area contributed by atoms with Gasteiger partial charge in [0.15, 0.2) is 14.7 Å². The van der Waals surface area contributed by atoms with Crippen LogP contribution in [0.5, 0.6) is 5.75 Å². The summed E-state index contributed by atoms with van der Waals surface area (Å²) in [7, 11) is -0.204. The molecule has 2 nitrogen and oxygen atoms in total. The number of carbonyl (C=O) groups is 1. The first-order valence-corrected chi connectivity index (χ1v) is 15.8. The molecule has 0 amide bonds. The molecular weight excluding hydrogens is 654 g/mol. The topological polar surface area (TPSA) is 26.3 Å². The van der Waals surface area contributed by atoms with Crippen LogP contribution in [0.25, 0.3) is 0 Å². The number of hydrogen-bond donors (Lipinski definition) is 0. The number of esters is 1. The molecule has 1 fully saturated rings. The maximum atomic E-state index is 12.4. The van der Waals surface area contributed by atoms with E-state index in [1.807, 2.05) is 12.1 Å². The van der Waals surface area contributed by atoms with E-state index in [9.17, 15) is 4.79 Å². The molecule has 1 aliphatic carbocycles. The first-order chi connectivity index (χ1) is 16.2. The molecule has 0 aromatic heterocycles. The summed E-state index contributed by atoms with van der Waals surface area (Å²) in [5.41, 5.74) is 1.48. The number of rotatable bonds is 8. The van der Waals surface area contributed by atoms with Crippen molar-refractivity contribution in [3.63, 3.8) is 0 Å². The second-order valence-corrected chi connectivity index (χ2v) is 12.2. The summed E-state index contributed by atoms with van der Waals surface area (Å²) in [5, 5.41) is 0. The van der Waals surface area contributed by atoms with Crippen molar-refractivity contribution in [3.05, 3.63) is 84.4 Å². The molecular formula is C28H29I2O2S+. The summed E-state index contributed by atoms with van der Waals surface area (Å²) in [4.78, 5) is 16.2. The molecule has 33 heavy (non-hydrogen) atoms. The Kier molecular flexibility index (Phi) is 9.55. The van der Waals surface area contributed by atoms with Crippen molar-refractivity contribution in [2.24, 2.45) is 5.92 Å². The van der Waals surface area contributed by atoms with Crippen molar-refractivity contribution in [2.75, 3.05) is 8.86 Å². The van der Waals surface area contributed by atoms with Crippen molar-refractivity contribution in [1.29, 1.82) is 0 Å². The lowest BCUT2D eigenvalue weighted by atomic mass is 9.84. The summed E-state index contributed by atoms with van der Waals surface area (Å²) in [5.74, 6) is 1.13. The number of halogens is 2. The Hall–Kier alpha value is -1.06. The van der Waals surface area contributed by atoms with Gasteiger partial charge in [0.2, 0.25) is 0 Å². The normalized spacial score (nSPS) is 15.4. The highest BCUT2D eigenvalue weighted by molar-refractivity contribution is 14.1. The molecule has 1 saturated carbocycles. The highest BCUT2D eigenvalue weighted by Crippen LogP contribution is 2.36. The Morgan fingerprint density at radius 3 is 1.91 bits per heavy atom. The first kappa shape index (κ1) is 25.0.